The number of rotatable bonds is 7. The number of hydrogen-bond acceptors (Lipinski definition) is 4. The Kier molecular flexibility index (Phi) is 6.41. The van der Waals surface area contributed by atoms with Crippen LogP contribution in [-0.4, -0.2) is 26.1 Å². The molecule has 1 amide bonds. The lowest BCUT2D eigenvalue weighted by Gasteiger charge is -2.14. The molecule has 5 nitrogen and oxygen atoms in total. The largest absolute Gasteiger partial charge is 0.497 e. The van der Waals surface area contributed by atoms with E-state index >= 15 is 0 Å². The van der Waals surface area contributed by atoms with E-state index in [1.807, 2.05) is 37.3 Å². The average Bonchev–Trinajstić information content (AvgIpc) is 2.45. The standard InChI is InChI=1S/C14H19N3O2/c1-11(12-4-6-13(19-2)7-5-12)17-10-14(18)16-9-3-8-15/h4-7,11,17H,3,9-10H2,1-2H3,(H,16,18)/t11-/m1/s1. The van der Waals surface area contributed by atoms with Crippen LogP contribution in [0, 0.1) is 11.3 Å². The van der Waals surface area contributed by atoms with Gasteiger partial charge in [-0.15, -0.1) is 0 Å². The summed E-state index contributed by atoms with van der Waals surface area (Å²) >= 11 is 0. The summed E-state index contributed by atoms with van der Waals surface area (Å²) < 4.78 is 5.09. The van der Waals surface area contributed by atoms with Gasteiger partial charge in [0.2, 0.25) is 5.91 Å². The van der Waals surface area contributed by atoms with Crippen LogP contribution in [0.15, 0.2) is 24.3 Å². The molecule has 0 aromatic heterocycles. The Balaban J connectivity index is 2.35. The molecule has 1 atom stereocenters. The van der Waals surface area contributed by atoms with E-state index in [1.165, 1.54) is 0 Å². The molecule has 2 N–H and O–H groups in total. The number of amides is 1. The summed E-state index contributed by atoms with van der Waals surface area (Å²) in [5.74, 6) is 0.709. The first-order valence-electron chi connectivity index (χ1n) is 6.18. The van der Waals surface area contributed by atoms with E-state index < -0.39 is 0 Å². The smallest absolute Gasteiger partial charge is 0.234 e. The maximum Gasteiger partial charge on any atom is 0.234 e. The third-order valence-electron chi connectivity index (χ3n) is 2.74. The van der Waals surface area contributed by atoms with Gasteiger partial charge in [0, 0.05) is 12.6 Å². The van der Waals surface area contributed by atoms with Crippen LogP contribution in [-0.2, 0) is 4.79 Å². The molecule has 0 bridgehead atoms. The second kappa shape index (κ2) is 8.11. The number of nitrogens with zero attached hydrogens (tertiary/aromatic N) is 1. The average molecular weight is 261 g/mol. The first kappa shape index (κ1) is 15.0. The van der Waals surface area contributed by atoms with Crippen molar-refractivity contribution in [2.24, 2.45) is 0 Å². The van der Waals surface area contributed by atoms with Crippen molar-refractivity contribution in [3.05, 3.63) is 29.8 Å². The van der Waals surface area contributed by atoms with E-state index in [9.17, 15) is 4.79 Å². The molecule has 1 rings (SSSR count). The second-order valence-corrected chi connectivity index (χ2v) is 4.13. The van der Waals surface area contributed by atoms with E-state index in [1.54, 1.807) is 7.11 Å². The van der Waals surface area contributed by atoms with Gasteiger partial charge in [-0.05, 0) is 24.6 Å². The number of ether oxygens (including phenoxy) is 1. The molecule has 0 aliphatic heterocycles. The summed E-state index contributed by atoms with van der Waals surface area (Å²) in [7, 11) is 1.63. The van der Waals surface area contributed by atoms with Gasteiger partial charge in [0.25, 0.3) is 0 Å². The molecular formula is C14H19N3O2. The Labute approximate surface area is 113 Å². The molecular weight excluding hydrogens is 242 g/mol. The van der Waals surface area contributed by atoms with Crippen LogP contribution < -0.4 is 15.4 Å². The number of carbonyl (C=O) groups excluding carboxylic acids is 1. The Hall–Kier alpha value is -2.06. The Morgan fingerprint density at radius 2 is 2.11 bits per heavy atom. The normalized spacial score (nSPS) is 11.4. The van der Waals surface area contributed by atoms with Crippen LogP contribution in [0.4, 0.5) is 0 Å². The summed E-state index contributed by atoms with van der Waals surface area (Å²) in [5, 5.41) is 14.2. The molecule has 5 heteroatoms. The van der Waals surface area contributed by atoms with Crippen molar-refractivity contribution in [1.29, 1.82) is 5.26 Å². The second-order valence-electron chi connectivity index (χ2n) is 4.13. The van der Waals surface area contributed by atoms with Gasteiger partial charge in [-0.25, -0.2) is 0 Å². The molecule has 0 fully saturated rings. The van der Waals surface area contributed by atoms with Crippen molar-refractivity contribution in [3.8, 4) is 11.8 Å². The van der Waals surface area contributed by atoms with Gasteiger partial charge < -0.3 is 15.4 Å². The molecule has 19 heavy (non-hydrogen) atoms. The highest BCUT2D eigenvalue weighted by atomic mass is 16.5. The van der Waals surface area contributed by atoms with Crippen molar-refractivity contribution < 1.29 is 9.53 Å². The van der Waals surface area contributed by atoms with Crippen LogP contribution in [0.5, 0.6) is 5.75 Å². The molecule has 0 aliphatic rings. The van der Waals surface area contributed by atoms with Gasteiger partial charge in [-0.1, -0.05) is 12.1 Å². The minimum Gasteiger partial charge on any atom is -0.497 e. The molecule has 1 aromatic carbocycles. The number of nitrogens with one attached hydrogen (secondary N) is 2. The van der Waals surface area contributed by atoms with Gasteiger partial charge in [-0.3, -0.25) is 4.79 Å². The lowest BCUT2D eigenvalue weighted by Crippen LogP contribution is -2.35. The predicted octanol–water partition coefficient (Wildman–Crippen LogP) is 1.38. The zero-order chi connectivity index (χ0) is 14.1. The van der Waals surface area contributed by atoms with Crippen LogP contribution in [0.2, 0.25) is 0 Å². The topological polar surface area (TPSA) is 74.2 Å². The van der Waals surface area contributed by atoms with Crippen LogP contribution in [0.25, 0.3) is 0 Å². The molecule has 0 radical (unpaired) electrons. The van der Waals surface area contributed by atoms with E-state index in [-0.39, 0.29) is 18.5 Å². The summed E-state index contributed by atoms with van der Waals surface area (Å²) in [6.45, 7) is 2.62. The van der Waals surface area contributed by atoms with Gasteiger partial charge in [0.05, 0.1) is 26.1 Å². The molecule has 102 valence electrons. The fourth-order valence-electron chi connectivity index (χ4n) is 1.58. The highest BCUT2D eigenvalue weighted by Crippen LogP contribution is 2.16. The first-order valence-corrected chi connectivity index (χ1v) is 6.18. The number of nitriles is 1. The number of benzene rings is 1. The fourth-order valence-corrected chi connectivity index (χ4v) is 1.58. The molecule has 0 saturated carbocycles. The quantitative estimate of drug-likeness (QED) is 0.727. The summed E-state index contributed by atoms with van der Waals surface area (Å²) in [6, 6.07) is 9.76. The first-order chi connectivity index (χ1) is 9.17. The predicted molar refractivity (Wildman–Crippen MR) is 72.7 cm³/mol. The maximum absolute atomic E-state index is 11.5. The number of hydrogen-bond donors (Lipinski definition) is 2. The van der Waals surface area contributed by atoms with E-state index in [0.29, 0.717) is 13.0 Å². The van der Waals surface area contributed by atoms with Crippen LogP contribution in [0.1, 0.15) is 24.9 Å². The van der Waals surface area contributed by atoms with Crippen molar-refractivity contribution in [3.63, 3.8) is 0 Å². The van der Waals surface area contributed by atoms with Gasteiger partial charge in [0.1, 0.15) is 5.75 Å². The third-order valence-corrected chi connectivity index (χ3v) is 2.74. The van der Waals surface area contributed by atoms with Crippen LogP contribution in [0.3, 0.4) is 0 Å². The fraction of sp³-hybridized carbons (Fsp3) is 0.429. The Bertz CT molecular complexity index is 437. The van der Waals surface area contributed by atoms with Gasteiger partial charge in [0.15, 0.2) is 0 Å². The Morgan fingerprint density at radius 1 is 1.42 bits per heavy atom. The van der Waals surface area contributed by atoms with Crippen LogP contribution >= 0.6 is 0 Å². The number of methoxy groups -OCH3 is 1. The number of carbonyl (C=O) groups is 1. The molecule has 1 aromatic rings. The van der Waals surface area contributed by atoms with Crippen molar-refractivity contribution in [2.45, 2.75) is 19.4 Å². The van der Waals surface area contributed by atoms with E-state index in [4.69, 9.17) is 10.00 Å². The van der Waals surface area contributed by atoms with Gasteiger partial charge in [-0.2, -0.15) is 5.26 Å². The van der Waals surface area contributed by atoms with Crippen molar-refractivity contribution in [1.82, 2.24) is 10.6 Å². The van der Waals surface area contributed by atoms with E-state index in [2.05, 4.69) is 10.6 Å². The third kappa shape index (κ3) is 5.40. The SMILES string of the molecule is COc1ccc([C@@H](C)NCC(=O)NCCC#N)cc1. The summed E-state index contributed by atoms with van der Waals surface area (Å²) in [4.78, 5) is 11.5. The Morgan fingerprint density at radius 3 is 2.68 bits per heavy atom. The van der Waals surface area contributed by atoms with E-state index in [0.717, 1.165) is 11.3 Å². The molecule has 0 spiro atoms. The highest BCUT2D eigenvalue weighted by Gasteiger charge is 2.07. The molecule has 0 heterocycles. The monoisotopic (exact) mass is 261 g/mol. The lowest BCUT2D eigenvalue weighted by molar-refractivity contribution is -0.120. The molecule has 0 aliphatic carbocycles. The molecule has 0 unspecified atom stereocenters. The minimum atomic E-state index is -0.101. The highest BCUT2D eigenvalue weighted by molar-refractivity contribution is 5.78. The minimum absolute atomic E-state index is 0.0765. The maximum atomic E-state index is 11.5. The zero-order valence-electron chi connectivity index (χ0n) is 11.3. The summed E-state index contributed by atoms with van der Waals surface area (Å²) in [5.41, 5.74) is 1.09. The van der Waals surface area contributed by atoms with Crippen molar-refractivity contribution in [2.75, 3.05) is 20.2 Å². The lowest BCUT2D eigenvalue weighted by atomic mass is 10.1. The molecule has 0 saturated heterocycles. The zero-order valence-corrected chi connectivity index (χ0v) is 11.3. The summed E-state index contributed by atoms with van der Waals surface area (Å²) in [6.07, 6.45) is 0.333. The van der Waals surface area contributed by atoms with Gasteiger partial charge >= 0.3 is 0 Å². The van der Waals surface area contributed by atoms with Crippen molar-refractivity contribution >= 4 is 5.91 Å².